The number of nitrogen functional groups attached to an aromatic ring is 1. The van der Waals surface area contributed by atoms with Crippen LogP contribution in [0.15, 0.2) is 18.2 Å². The summed E-state index contributed by atoms with van der Waals surface area (Å²) in [6.07, 6.45) is 3.91. The van der Waals surface area contributed by atoms with Crippen LogP contribution in [-0.4, -0.2) is 35.4 Å². The zero-order valence-electron chi connectivity index (χ0n) is 10.9. The van der Waals surface area contributed by atoms with E-state index in [1.54, 1.807) is 12.1 Å². The first-order valence-corrected chi connectivity index (χ1v) is 6.64. The summed E-state index contributed by atoms with van der Waals surface area (Å²) in [6, 6.07) is 5.04. The number of rotatable bonds is 4. The van der Waals surface area contributed by atoms with Crippen molar-refractivity contribution in [3.05, 3.63) is 23.8 Å². The van der Waals surface area contributed by atoms with Crippen LogP contribution in [0.25, 0.3) is 0 Å². The van der Waals surface area contributed by atoms with Gasteiger partial charge in [0.15, 0.2) is 0 Å². The quantitative estimate of drug-likeness (QED) is 0.721. The van der Waals surface area contributed by atoms with E-state index in [9.17, 15) is 4.79 Å². The van der Waals surface area contributed by atoms with Crippen molar-refractivity contribution in [2.45, 2.75) is 31.7 Å². The number of carboxylic acid groups (broad SMARTS) is 1. The van der Waals surface area contributed by atoms with Gasteiger partial charge in [-0.25, -0.2) is 4.79 Å². The summed E-state index contributed by atoms with van der Waals surface area (Å²) in [5.74, 6) is -0.947. The standard InChI is InChI=1S/C14H20N2O3/c15-12-5-4-10(14(18)19)9-13(12)16-7-2-1-3-11(16)6-8-17/h4-5,9,11,17H,1-3,6-8,15H2,(H,18,19). The molecule has 1 aromatic rings. The molecule has 104 valence electrons. The minimum atomic E-state index is -0.947. The van der Waals surface area contributed by atoms with Gasteiger partial charge in [-0.3, -0.25) is 0 Å². The van der Waals surface area contributed by atoms with Crippen molar-refractivity contribution < 1.29 is 15.0 Å². The van der Waals surface area contributed by atoms with Crippen LogP contribution in [0.4, 0.5) is 11.4 Å². The third-order valence-corrected chi connectivity index (χ3v) is 3.68. The van der Waals surface area contributed by atoms with Gasteiger partial charge in [-0.2, -0.15) is 0 Å². The van der Waals surface area contributed by atoms with Gasteiger partial charge < -0.3 is 20.8 Å². The second-order valence-corrected chi connectivity index (χ2v) is 4.93. The molecule has 1 fully saturated rings. The highest BCUT2D eigenvalue weighted by Gasteiger charge is 2.24. The van der Waals surface area contributed by atoms with E-state index in [4.69, 9.17) is 15.9 Å². The van der Waals surface area contributed by atoms with Crippen molar-refractivity contribution in [1.29, 1.82) is 0 Å². The topological polar surface area (TPSA) is 86.8 Å². The number of nitrogens with zero attached hydrogens (tertiary/aromatic N) is 1. The number of nitrogens with two attached hydrogens (primary N) is 1. The molecule has 19 heavy (non-hydrogen) atoms. The Kier molecular flexibility index (Phi) is 4.27. The molecule has 0 saturated carbocycles. The van der Waals surface area contributed by atoms with Gasteiger partial charge in [-0.05, 0) is 43.9 Å². The highest BCUT2D eigenvalue weighted by Crippen LogP contribution is 2.31. The molecule has 0 aliphatic carbocycles. The second-order valence-electron chi connectivity index (χ2n) is 4.93. The van der Waals surface area contributed by atoms with Crippen LogP contribution in [0.1, 0.15) is 36.0 Å². The smallest absolute Gasteiger partial charge is 0.335 e. The lowest BCUT2D eigenvalue weighted by Crippen LogP contribution is -2.40. The Bertz CT molecular complexity index is 460. The highest BCUT2D eigenvalue weighted by atomic mass is 16.4. The summed E-state index contributed by atoms with van der Waals surface area (Å²) in [4.78, 5) is 13.2. The van der Waals surface area contributed by atoms with Crippen molar-refractivity contribution >= 4 is 17.3 Å². The Morgan fingerprint density at radius 1 is 1.42 bits per heavy atom. The molecule has 0 aromatic heterocycles. The lowest BCUT2D eigenvalue weighted by molar-refractivity contribution is 0.0697. The van der Waals surface area contributed by atoms with Crippen molar-refractivity contribution in [3.8, 4) is 0 Å². The Morgan fingerprint density at radius 3 is 2.89 bits per heavy atom. The second kappa shape index (κ2) is 5.93. The number of piperidine rings is 1. The molecule has 4 N–H and O–H groups in total. The Labute approximate surface area is 112 Å². The minimum Gasteiger partial charge on any atom is -0.478 e. The van der Waals surface area contributed by atoms with Crippen LogP contribution in [0.2, 0.25) is 0 Å². The zero-order valence-corrected chi connectivity index (χ0v) is 10.9. The Morgan fingerprint density at radius 2 is 2.21 bits per heavy atom. The van der Waals surface area contributed by atoms with Crippen LogP contribution in [0.3, 0.4) is 0 Å². The maximum Gasteiger partial charge on any atom is 0.335 e. The molecule has 1 aromatic carbocycles. The molecule has 1 saturated heterocycles. The SMILES string of the molecule is Nc1ccc(C(=O)O)cc1N1CCCCC1CCO. The van der Waals surface area contributed by atoms with Gasteiger partial charge >= 0.3 is 5.97 Å². The average molecular weight is 264 g/mol. The molecule has 1 aliphatic rings. The van der Waals surface area contributed by atoms with Crippen LogP contribution >= 0.6 is 0 Å². The van der Waals surface area contributed by atoms with Gasteiger partial charge in [0.1, 0.15) is 0 Å². The molecule has 2 rings (SSSR count). The average Bonchev–Trinajstić information content (AvgIpc) is 2.40. The number of anilines is 2. The molecule has 1 aliphatic heterocycles. The van der Waals surface area contributed by atoms with Gasteiger partial charge in [0.05, 0.1) is 16.9 Å². The molecule has 0 radical (unpaired) electrons. The van der Waals surface area contributed by atoms with E-state index in [1.807, 2.05) is 0 Å². The van der Waals surface area contributed by atoms with Crippen LogP contribution in [0.5, 0.6) is 0 Å². The summed E-state index contributed by atoms with van der Waals surface area (Å²) in [6.45, 7) is 0.998. The molecule has 5 heteroatoms. The van der Waals surface area contributed by atoms with Crippen LogP contribution in [-0.2, 0) is 0 Å². The zero-order chi connectivity index (χ0) is 13.8. The number of hydrogen-bond acceptors (Lipinski definition) is 4. The maximum absolute atomic E-state index is 11.1. The Hall–Kier alpha value is -1.75. The summed E-state index contributed by atoms with van der Waals surface area (Å²) in [7, 11) is 0. The molecule has 5 nitrogen and oxygen atoms in total. The molecule has 1 atom stereocenters. The Balaban J connectivity index is 2.32. The van der Waals surface area contributed by atoms with Crippen LogP contribution in [0, 0.1) is 0 Å². The summed E-state index contributed by atoms with van der Waals surface area (Å²) >= 11 is 0. The van der Waals surface area contributed by atoms with Crippen molar-refractivity contribution in [2.75, 3.05) is 23.8 Å². The predicted molar refractivity (Wildman–Crippen MR) is 74.5 cm³/mol. The lowest BCUT2D eigenvalue weighted by Gasteiger charge is -2.38. The number of aromatic carboxylic acids is 1. The number of benzene rings is 1. The van der Waals surface area contributed by atoms with E-state index in [-0.39, 0.29) is 18.2 Å². The molecule has 1 heterocycles. The molecule has 1 unspecified atom stereocenters. The van der Waals surface area contributed by atoms with Crippen molar-refractivity contribution in [3.63, 3.8) is 0 Å². The fourth-order valence-corrected chi connectivity index (χ4v) is 2.69. The van der Waals surface area contributed by atoms with E-state index < -0.39 is 5.97 Å². The third-order valence-electron chi connectivity index (χ3n) is 3.68. The van der Waals surface area contributed by atoms with Crippen molar-refractivity contribution in [2.24, 2.45) is 0 Å². The predicted octanol–water partition coefficient (Wildman–Crippen LogP) is 1.71. The van der Waals surface area contributed by atoms with Gasteiger partial charge in [0, 0.05) is 19.2 Å². The summed E-state index contributed by atoms with van der Waals surface area (Å²) in [5, 5.41) is 18.2. The van der Waals surface area contributed by atoms with E-state index in [1.165, 1.54) is 6.07 Å². The van der Waals surface area contributed by atoms with Gasteiger partial charge in [0.2, 0.25) is 0 Å². The van der Waals surface area contributed by atoms with E-state index >= 15 is 0 Å². The fraction of sp³-hybridized carbons (Fsp3) is 0.500. The van der Waals surface area contributed by atoms with Gasteiger partial charge in [0.25, 0.3) is 0 Å². The van der Waals surface area contributed by atoms with Crippen LogP contribution < -0.4 is 10.6 Å². The van der Waals surface area contributed by atoms with E-state index in [2.05, 4.69) is 4.90 Å². The normalized spacial score (nSPS) is 19.4. The number of aliphatic hydroxyl groups is 1. The first kappa shape index (κ1) is 13.7. The molecule has 0 spiro atoms. The number of carboxylic acids is 1. The first-order valence-electron chi connectivity index (χ1n) is 6.64. The monoisotopic (exact) mass is 264 g/mol. The van der Waals surface area contributed by atoms with E-state index in [0.29, 0.717) is 12.1 Å². The summed E-state index contributed by atoms with van der Waals surface area (Å²) in [5.41, 5.74) is 7.60. The molecule has 0 amide bonds. The number of aliphatic hydroxyl groups excluding tert-OH is 1. The molecular formula is C14H20N2O3. The first-order chi connectivity index (χ1) is 9.13. The fourth-order valence-electron chi connectivity index (χ4n) is 2.69. The largest absolute Gasteiger partial charge is 0.478 e. The van der Waals surface area contributed by atoms with E-state index in [0.717, 1.165) is 31.5 Å². The van der Waals surface area contributed by atoms with Gasteiger partial charge in [-0.15, -0.1) is 0 Å². The highest BCUT2D eigenvalue weighted by molar-refractivity contribution is 5.90. The molecule has 0 bridgehead atoms. The number of hydrogen-bond donors (Lipinski definition) is 3. The van der Waals surface area contributed by atoms with Crippen molar-refractivity contribution in [1.82, 2.24) is 0 Å². The lowest BCUT2D eigenvalue weighted by atomic mass is 9.98. The number of carbonyl (C=O) groups is 1. The molecular weight excluding hydrogens is 244 g/mol. The van der Waals surface area contributed by atoms with Gasteiger partial charge in [-0.1, -0.05) is 0 Å². The minimum absolute atomic E-state index is 0.139. The third kappa shape index (κ3) is 2.98. The summed E-state index contributed by atoms with van der Waals surface area (Å²) < 4.78 is 0. The maximum atomic E-state index is 11.1.